The van der Waals surface area contributed by atoms with E-state index in [9.17, 15) is 14.4 Å². The predicted molar refractivity (Wildman–Crippen MR) is 125 cm³/mol. The smallest absolute Gasteiger partial charge is 0.262 e. The molecule has 166 valence electrons. The van der Waals surface area contributed by atoms with E-state index in [0.29, 0.717) is 40.5 Å². The van der Waals surface area contributed by atoms with Gasteiger partial charge in [-0.15, -0.1) is 0 Å². The molecule has 1 unspecified atom stereocenters. The lowest BCUT2D eigenvalue weighted by Gasteiger charge is -2.33. The summed E-state index contributed by atoms with van der Waals surface area (Å²) in [6.07, 6.45) is 0.875. The molecule has 2 aliphatic heterocycles. The van der Waals surface area contributed by atoms with Crippen molar-refractivity contribution in [3.63, 3.8) is 0 Å². The highest BCUT2D eigenvalue weighted by atomic mass is 16.5. The molecule has 0 saturated heterocycles. The number of ether oxygens (including phenoxy) is 1. The van der Waals surface area contributed by atoms with Crippen molar-refractivity contribution in [3.05, 3.63) is 94.5 Å². The number of carbonyl (C=O) groups excluding carboxylic acids is 3. The van der Waals surface area contributed by atoms with E-state index in [1.807, 2.05) is 18.2 Å². The van der Waals surface area contributed by atoms with E-state index in [1.165, 1.54) is 12.0 Å². The van der Waals surface area contributed by atoms with Crippen molar-refractivity contribution in [2.45, 2.75) is 25.8 Å². The third kappa shape index (κ3) is 3.48. The Bertz CT molecular complexity index is 1250. The molecule has 6 heteroatoms. The van der Waals surface area contributed by atoms with Gasteiger partial charge in [0, 0.05) is 12.2 Å². The molecular weight excluding hydrogens is 416 g/mol. The summed E-state index contributed by atoms with van der Waals surface area (Å²) >= 11 is 0. The van der Waals surface area contributed by atoms with Crippen LogP contribution in [0, 0.1) is 0 Å². The first-order chi connectivity index (χ1) is 16.0. The quantitative estimate of drug-likeness (QED) is 0.554. The number of anilines is 1. The van der Waals surface area contributed by atoms with E-state index in [1.54, 1.807) is 47.4 Å². The van der Waals surface area contributed by atoms with E-state index < -0.39 is 0 Å². The summed E-state index contributed by atoms with van der Waals surface area (Å²) in [5, 5.41) is 0. The summed E-state index contributed by atoms with van der Waals surface area (Å²) in [6, 6.07) is 20.0. The molecule has 0 N–H and O–H groups in total. The van der Waals surface area contributed by atoms with Gasteiger partial charge < -0.3 is 9.64 Å². The van der Waals surface area contributed by atoms with E-state index >= 15 is 0 Å². The topological polar surface area (TPSA) is 66.9 Å². The maximum absolute atomic E-state index is 13.6. The van der Waals surface area contributed by atoms with Crippen LogP contribution in [0.5, 0.6) is 5.75 Å². The predicted octanol–water partition coefficient (Wildman–Crippen LogP) is 4.65. The molecule has 0 aromatic heterocycles. The molecule has 0 aliphatic carbocycles. The Kier molecular flexibility index (Phi) is 5.21. The van der Waals surface area contributed by atoms with Gasteiger partial charge in [-0.3, -0.25) is 19.3 Å². The number of amides is 3. The Morgan fingerprint density at radius 1 is 0.970 bits per heavy atom. The Hall–Kier alpha value is -3.93. The third-order valence-electron chi connectivity index (χ3n) is 6.50. The van der Waals surface area contributed by atoms with Crippen LogP contribution in [-0.4, -0.2) is 36.3 Å². The normalized spacial score (nSPS) is 17.1. The second-order valence-corrected chi connectivity index (χ2v) is 8.48. The maximum Gasteiger partial charge on any atom is 0.262 e. The van der Waals surface area contributed by atoms with Gasteiger partial charge >= 0.3 is 0 Å². The molecule has 0 radical (unpaired) electrons. The first kappa shape index (κ1) is 20.9. The van der Waals surface area contributed by atoms with Gasteiger partial charge in [0.1, 0.15) is 5.75 Å². The second kappa shape index (κ2) is 8.20. The average molecular weight is 440 g/mol. The molecule has 3 amide bonds. The number of nitrogens with zero attached hydrogens (tertiary/aromatic N) is 2. The fourth-order valence-corrected chi connectivity index (χ4v) is 4.69. The highest BCUT2D eigenvalue weighted by Crippen LogP contribution is 2.36. The number of fused-ring (bicyclic) bond motifs is 2. The van der Waals surface area contributed by atoms with Crippen LogP contribution in [0.3, 0.4) is 0 Å². The van der Waals surface area contributed by atoms with Crippen LogP contribution in [0.2, 0.25) is 0 Å². The number of carbonyl (C=O) groups is 3. The Labute approximate surface area is 192 Å². The van der Waals surface area contributed by atoms with Gasteiger partial charge in [-0.05, 0) is 53.8 Å². The molecule has 3 aromatic carbocycles. The van der Waals surface area contributed by atoms with E-state index in [2.05, 4.69) is 13.0 Å². The lowest BCUT2D eigenvalue weighted by Crippen LogP contribution is -2.36. The molecule has 6 nitrogen and oxygen atoms in total. The largest absolute Gasteiger partial charge is 0.496 e. The molecule has 2 heterocycles. The fourth-order valence-electron chi connectivity index (χ4n) is 4.69. The van der Waals surface area contributed by atoms with Crippen molar-refractivity contribution in [3.8, 4) is 5.75 Å². The lowest BCUT2D eigenvalue weighted by molar-refractivity contribution is 0.0642. The third-order valence-corrected chi connectivity index (χ3v) is 6.50. The molecule has 0 spiro atoms. The zero-order valence-electron chi connectivity index (χ0n) is 18.6. The number of hydrogen-bond donors (Lipinski definition) is 0. The Balaban J connectivity index is 1.47. The summed E-state index contributed by atoms with van der Waals surface area (Å²) in [6.45, 7) is 2.87. The van der Waals surface area contributed by atoms with Crippen molar-refractivity contribution in [1.29, 1.82) is 0 Å². The van der Waals surface area contributed by atoms with Crippen LogP contribution in [0.25, 0.3) is 0 Å². The second-order valence-electron chi connectivity index (χ2n) is 8.48. The van der Waals surface area contributed by atoms with Gasteiger partial charge in [0.25, 0.3) is 17.7 Å². The van der Waals surface area contributed by atoms with Crippen LogP contribution in [0.1, 0.15) is 61.5 Å². The van der Waals surface area contributed by atoms with Gasteiger partial charge in [-0.1, -0.05) is 43.3 Å². The lowest BCUT2D eigenvalue weighted by atomic mass is 9.91. The van der Waals surface area contributed by atoms with Gasteiger partial charge in [-0.2, -0.15) is 0 Å². The number of benzene rings is 3. The van der Waals surface area contributed by atoms with E-state index in [-0.39, 0.29) is 24.3 Å². The molecule has 2 aliphatic rings. The Morgan fingerprint density at radius 3 is 2.33 bits per heavy atom. The fraction of sp³-hybridized carbons (Fsp3) is 0.222. The molecule has 33 heavy (non-hydrogen) atoms. The van der Waals surface area contributed by atoms with Gasteiger partial charge in [-0.25, -0.2) is 0 Å². The number of rotatable bonds is 4. The van der Waals surface area contributed by atoms with Crippen LogP contribution in [-0.2, 0) is 6.54 Å². The van der Waals surface area contributed by atoms with Crippen molar-refractivity contribution in [2.24, 2.45) is 0 Å². The van der Waals surface area contributed by atoms with Crippen LogP contribution >= 0.6 is 0 Å². The molecule has 0 bridgehead atoms. The molecule has 0 saturated carbocycles. The SMILES string of the molecule is COc1ccc(CN2C(=O)c3ccccc3C2=O)cc1C(=O)N1CCC(C)c2ccccc21. The highest BCUT2D eigenvalue weighted by Gasteiger charge is 2.35. The average Bonchev–Trinajstić information content (AvgIpc) is 3.09. The van der Waals surface area contributed by atoms with Crippen molar-refractivity contribution >= 4 is 23.4 Å². The number of methoxy groups -OCH3 is 1. The minimum Gasteiger partial charge on any atom is -0.496 e. The molecule has 1 atom stereocenters. The summed E-state index contributed by atoms with van der Waals surface area (Å²) < 4.78 is 5.49. The van der Waals surface area contributed by atoms with Crippen LogP contribution in [0.4, 0.5) is 5.69 Å². The summed E-state index contributed by atoms with van der Waals surface area (Å²) in [5.74, 6) is 0.0430. The summed E-state index contributed by atoms with van der Waals surface area (Å²) in [5.41, 5.74) is 3.98. The number of hydrogen-bond acceptors (Lipinski definition) is 4. The van der Waals surface area contributed by atoms with Gasteiger partial charge in [0.2, 0.25) is 0 Å². The van der Waals surface area contributed by atoms with Crippen LogP contribution < -0.4 is 9.64 Å². The zero-order valence-corrected chi connectivity index (χ0v) is 18.6. The van der Waals surface area contributed by atoms with Crippen molar-refractivity contribution in [2.75, 3.05) is 18.6 Å². The molecule has 3 aromatic rings. The van der Waals surface area contributed by atoms with Gasteiger partial charge in [0.05, 0.1) is 30.3 Å². The zero-order chi connectivity index (χ0) is 23.1. The minimum atomic E-state index is -0.321. The Morgan fingerprint density at radius 2 is 1.64 bits per heavy atom. The van der Waals surface area contributed by atoms with Crippen molar-refractivity contribution in [1.82, 2.24) is 4.90 Å². The van der Waals surface area contributed by atoms with E-state index in [0.717, 1.165) is 17.7 Å². The minimum absolute atomic E-state index is 0.0875. The molecule has 0 fully saturated rings. The van der Waals surface area contributed by atoms with Gasteiger partial charge in [0.15, 0.2) is 0 Å². The van der Waals surface area contributed by atoms with Crippen molar-refractivity contribution < 1.29 is 19.1 Å². The highest BCUT2D eigenvalue weighted by molar-refractivity contribution is 6.21. The van der Waals surface area contributed by atoms with Crippen LogP contribution in [0.15, 0.2) is 66.7 Å². The molecular formula is C27H24N2O4. The molecule has 5 rings (SSSR count). The van der Waals surface area contributed by atoms with E-state index in [4.69, 9.17) is 4.74 Å². The maximum atomic E-state index is 13.6. The first-order valence-corrected chi connectivity index (χ1v) is 11.0. The summed E-state index contributed by atoms with van der Waals surface area (Å²) in [4.78, 5) is 42.2. The first-order valence-electron chi connectivity index (χ1n) is 11.0. The summed E-state index contributed by atoms with van der Waals surface area (Å²) in [7, 11) is 1.53. The number of para-hydroxylation sites is 1. The monoisotopic (exact) mass is 440 g/mol. The number of imide groups is 1. The standard InChI is InChI=1S/C27H24N2O4/c1-17-13-14-28(23-10-6-5-7-19(17)23)27(32)22-15-18(11-12-24(22)33-2)16-29-25(30)20-8-3-4-9-21(20)26(29)31/h3-12,15,17H,13-14,16H2,1-2H3.